The fraction of sp³-hybridized carbons (Fsp3) is 0.833. The molecule has 0 aromatic heterocycles. The normalized spacial score (nSPS) is 11.6. The van der Waals surface area contributed by atoms with Crippen LogP contribution in [0.25, 0.3) is 0 Å². The molecular formula is C6H13IN2. The van der Waals surface area contributed by atoms with Gasteiger partial charge in [0.15, 0.2) is 0 Å². The van der Waals surface area contributed by atoms with Crippen LogP contribution in [-0.2, 0) is 0 Å². The summed E-state index contributed by atoms with van der Waals surface area (Å²) in [7, 11) is 1.80. The van der Waals surface area contributed by atoms with Gasteiger partial charge in [0.2, 0.25) is 0 Å². The van der Waals surface area contributed by atoms with Crippen LogP contribution in [0.4, 0.5) is 0 Å². The van der Waals surface area contributed by atoms with Gasteiger partial charge in [-0.15, -0.1) is 0 Å². The number of hydrogen-bond acceptors (Lipinski definition) is 2. The molecule has 3 heteroatoms. The summed E-state index contributed by atoms with van der Waals surface area (Å²) in [6, 6.07) is 0. The SMILES string of the molecule is CCCN(I)CC=NC. The van der Waals surface area contributed by atoms with Gasteiger partial charge in [0, 0.05) is 49.2 Å². The highest BCUT2D eigenvalue weighted by atomic mass is 127. The molecule has 0 amide bonds. The molecular weight excluding hydrogens is 227 g/mol. The molecule has 0 radical (unpaired) electrons. The highest BCUT2D eigenvalue weighted by molar-refractivity contribution is 14.1. The van der Waals surface area contributed by atoms with E-state index in [0.717, 1.165) is 13.1 Å². The van der Waals surface area contributed by atoms with Gasteiger partial charge < -0.3 is 0 Å². The average molecular weight is 240 g/mol. The third-order valence-electron chi connectivity index (χ3n) is 0.929. The topological polar surface area (TPSA) is 15.6 Å². The molecule has 0 saturated heterocycles. The predicted molar refractivity (Wildman–Crippen MR) is 50.3 cm³/mol. The lowest BCUT2D eigenvalue weighted by Crippen LogP contribution is -2.14. The maximum atomic E-state index is 3.89. The third-order valence-corrected chi connectivity index (χ3v) is 1.80. The van der Waals surface area contributed by atoms with Crippen LogP contribution < -0.4 is 0 Å². The largest absolute Gasteiger partial charge is 0.299 e. The molecule has 54 valence electrons. The highest BCUT2D eigenvalue weighted by Gasteiger charge is 1.92. The van der Waals surface area contributed by atoms with Gasteiger partial charge in [0.25, 0.3) is 0 Å². The molecule has 0 aromatic rings. The maximum absolute atomic E-state index is 3.89. The molecule has 0 atom stereocenters. The summed E-state index contributed by atoms with van der Waals surface area (Å²) in [6.07, 6.45) is 3.13. The molecule has 0 fully saturated rings. The van der Waals surface area contributed by atoms with Crippen molar-refractivity contribution in [2.24, 2.45) is 4.99 Å². The zero-order valence-corrected chi connectivity index (χ0v) is 8.13. The lowest BCUT2D eigenvalue weighted by molar-refractivity contribution is 0.571. The summed E-state index contributed by atoms with van der Waals surface area (Å²) >= 11 is 2.31. The van der Waals surface area contributed by atoms with E-state index in [2.05, 4.69) is 37.9 Å². The van der Waals surface area contributed by atoms with E-state index >= 15 is 0 Å². The lowest BCUT2D eigenvalue weighted by Gasteiger charge is -2.07. The summed E-state index contributed by atoms with van der Waals surface area (Å²) in [5.74, 6) is 0. The first-order valence-electron chi connectivity index (χ1n) is 3.12. The van der Waals surface area contributed by atoms with Gasteiger partial charge >= 0.3 is 0 Å². The van der Waals surface area contributed by atoms with Gasteiger partial charge in [-0.05, 0) is 6.42 Å². The van der Waals surface area contributed by atoms with Crippen molar-refractivity contribution in [3.63, 3.8) is 0 Å². The Balaban J connectivity index is 3.15. The quantitative estimate of drug-likeness (QED) is 0.415. The fourth-order valence-electron chi connectivity index (χ4n) is 0.504. The summed E-state index contributed by atoms with van der Waals surface area (Å²) in [5.41, 5.74) is 0. The van der Waals surface area contributed by atoms with Crippen LogP contribution in [-0.4, -0.2) is 29.5 Å². The van der Waals surface area contributed by atoms with Crippen LogP contribution in [0.3, 0.4) is 0 Å². The van der Waals surface area contributed by atoms with E-state index < -0.39 is 0 Å². The van der Waals surface area contributed by atoms with Crippen molar-refractivity contribution in [2.75, 3.05) is 20.1 Å². The Hall–Kier alpha value is 0.360. The first-order chi connectivity index (χ1) is 4.31. The second-order valence-electron chi connectivity index (χ2n) is 1.81. The van der Waals surface area contributed by atoms with Gasteiger partial charge in [0.1, 0.15) is 0 Å². The van der Waals surface area contributed by atoms with Crippen LogP contribution in [0.2, 0.25) is 0 Å². The van der Waals surface area contributed by atoms with Crippen LogP contribution in [0.1, 0.15) is 13.3 Å². The fourth-order valence-corrected chi connectivity index (χ4v) is 1.16. The Morgan fingerprint density at radius 3 is 2.78 bits per heavy atom. The van der Waals surface area contributed by atoms with E-state index in [1.54, 1.807) is 7.05 Å². The van der Waals surface area contributed by atoms with Gasteiger partial charge in [0.05, 0.1) is 0 Å². The zero-order chi connectivity index (χ0) is 7.11. The van der Waals surface area contributed by atoms with E-state index in [9.17, 15) is 0 Å². The Morgan fingerprint density at radius 1 is 1.67 bits per heavy atom. The Labute approximate surface area is 70.8 Å². The molecule has 2 nitrogen and oxygen atoms in total. The Bertz CT molecular complexity index is 83.1. The standard InChI is InChI=1S/C6H13IN2/c1-3-5-9(7)6-4-8-2/h4H,3,5-6H2,1-2H3. The average Bonchev–Trinajstić information content (AvgIpc) is 1.85. The Morgan fingerprint density at radius 2 is 2.33 bits per heavy atom. The molecule has 0 aliphatic carbocycles. The molecule has 9 heavy (non-hydrogen) atoms. The van der Waals surface area contributed by atoms with Crippen molar-refractivity contribution in [1.29, 1.82) is 0 Å². The summed E-state index contributed by atoms with van der Waals surface area (Å²) in [6.45, 7) is 4.28. The second-order valence-corrected chi connectivity index (χ2v) is 3.17. The maximum Gasteiger partial charge on any atom is 0.0431 e. The molecule has 0 heterocycles. The molecule has 0 unspecified atom stereocenters. The van der Waals surface area contributed by atoms with Crippen LogP contribution in [0.5, 0.6) is 0 Å². The van der Waals surface area contributed by atoms with Crippen molar-refractivity contribution in [2.45, 2.75) is 13.3 Å². The molecule has 0 rings (SSSR count). The third kappa shape index (κ3) is 6.24. The van der Waals surface area contributed by atoms with Crippen LogP contribution in [0, 0.1) is 0 Å². The molecule has 0 aromatic carbocycles. The first kappa shape index (κ1) is 9.36. The van der Waals surface area contributed by atoms with Gasteiger partial charge in [-0.1, -0.05) is 6.92 Å². The minimum absolute atomic E-state index is 0.963. The number of aliphatic imine (C=N–C) groups is 1. The molecule has 0 N–H and O–H groups in total. The minimum atomic E-state index is 0.963. The summed E-state index contributed by atoms with van der Waals surface area (Å²) in [5, 5.41) is 0. The number of nitrogens with zero attached hydrogens (tertiary/aromatic N) is 2. The smallest absolute Gasteiger partial charge is 0.0431 e. The van der Waals surface area contributed by atoms with Crippen molar-refractivity contribution < 1.29 is 0 Å². The second kappa shape index (κ2) is 6.48. The first-order valence-corrected chi connectivity index (χ1v) is 4.09. The lowest BCUT2D eigenvalue weighted by atomic mass is 10.5. The predicted octanol–water partition coefficient (Wildman–Crippen LogP) is 1.75. The summed E-state index contributed by atoms with van der Waals surface area (Å²) in [4.78, 5) is 3.89. The van der Waals surface area contributed by atoms with Crippen LogP contribution >= 0.6 is 22.9 Å². The van der Waals surface area contributed by atoms with Crippen molar-refractivity contribution >= 4 is 29.1 Å². The monoisotopic (exact) mass is 240 g/mol. The van der Waals surface area contributed by atoms with Crippen molar-refractivity contribution in [1.82, 2.24) is 3.11 Å². The summed E-state index contributed by atoms with van der Waals surface area (Å²) < 4.78 is 2.21. The number of hydrogen-bond donors (Lipinski definition) is 0. The van der Waals surface area contributed by atoms with E-state index in [-0.39, 0.29) is 0 Å². The highest BCUT2D eigenvalue weighted by Crippen LogP contribution is 1.96. The molecule has 0 spiro atoms. The van der Waals surface area contributed by atoms with E-state index in [1.165, 1.54) is 6.42 Å². The Kier molecular flexibility index (Phi) is 6.74. The molecule has 0 aliphatic heterocycles. The molecule has 0 bridgehead atoms. The van der Waals surface area contributed by atoms with Gasteiger partial charge in [-0.2, -0.15) is 0 Å². The van der Waals surface area contributed by atoms with Crippen LogP contribution in [0.15, 0.2) is 4.99 Å². The minimum Gasteiger partial charge on any atom is -0.299 e. The van der Waals surface area contributed by atoms with E-state index in [1.807, 2.05) is 6.21 Å². The van der Waals surface area contributed by atoms with Crippen molar-refractivity contribution in [3.05, 3.63) is 0 Å². The van der Waals surface area contributed by atoms with E-state index in [4.69, 9.17) is 0 Å². The van der Waals surface area contributed by atoms with Gasteiger partial charge in [-0.25, -0.2) is 3.11 Å². The number of halogens is 1. The molecule has 0 aliphatic rings. The molecule has 0 saturated carbocycles. The number of rotatable bonds is 4. The van der Waals surface area contributed by atoms with Gasteiger partial charge in [-0.3, -0.25) is 4.99 Å². The van der Waals surface area contributed by atoms with Crippen molar-refractivity contribution in [3.8, 4) is 0 Å². The zero-order valence-electron chi connectivity index (χ0n) is 5.97. The van der Waals surface area contributed by atoms with E-state index in [0.29, 0.717) is 0 Å².